The highest BCUT2D eigenvalue weighted by atomic mass is 35.5. The fraction of sp³-hybridized carbons (Fsp3) is 0.375. The third-order valence-corrected chi connectivity index (χ3v) is 3.77. The van der Waals surface area contributed by atoms with Gasteiger partial charge < -0.3 is 14.6 Å². The number of carbonyl (C=O) groups excluding carboxylic acids is 1. The number of carbonyl (C=O) groups is 1. The number of rotatable bonds is 7. The average molecular weight is 338 g/mol. The maximum Gasteiger partial charge on any atom is 0.242 e. The first-order valence-corrected chi connectivity index (χ1v) is 7.67. The number of nitrogens with zero attached hydrogens (tertiary/aromatic N) is 2. The lowest BCUT2D eigenvalue weighted by Crippen LogP contribution is -2.41. The van der Waals surface area contributed by atoms with Crippen molar-refractivity contribution in [1.82, 2.24) is 10.1 Å². The standard InChI is InChI=1S/C16H20ClN3O3/c1-11-10-15(19-23-11)18-16(21)12(2)20(3)8-9-22-14-7-5-4-6-13(14)17/h4-7,10,12H,8-9H2,1-3H3,(H,18,19,21)/t12-/m0/s1. The number of anilines is 1. The molecule has 0 saturated carbocycles. The minimum atomic E-state index is -0.332. The van der Waals surface area contributed by atoms with Crippen molar-refractivity contribution in [2.75, 3.05) is 25.5 Å². The van der Waals surface area contributed by atoms with Crippen molar-refractivity contribution in [2.24, 2.45) is 0 Å². The number of likely N-dealkylation sites (N-methyl/N-ethyl adjacent to an activating group) is 1. The molecule has 124 valence electrons. The minimum absolute atomic E-state index is 0.154. The quantitative estimate of drug-likeness (QED) is 0.841. The van der Waals surface area contributed by atoms with Gasteiger partial charge in [0.2, 0.25) is 5.91 Å². The number of hydrogen-bond acceptors (Lipinski definition) is 5. The van der Waals surface area contributed by atoms with Crippen molar-refractivity contribution in [1.29, 1.82) is 0 Å². The summed E-state index contributed by atoms with van der Waals surface area (Å²) in [6.45, 7) is 4.60. The third kappa shape index (κ3) is 4.97. The molecule has 0 aliphatic rings. The highest BCUT2D eigenvalue weighted by Crippen LogP contribution is 2.22. The van der Waals surface area contributed by atoms with Gasteiger partial charge in [-0.3, -0.25) is 9.69 Å². The first-order chi connectivity index (χ1) is 11.0. The van der Waals surface area contributed by atoms with E-state index in [9.17, 15) is 4.79 Å². The fourth-order valence-electron chi connectivity index (χ4n) is 1.91. The molecule has 1 heterocycles. The Kier molecular flexibility index (Phi) is 6.01. The Morgan fingerprint density at radius 2 is 2.22 bits per heavy atom. The van der Waals surface area contributed by atoms with E-state index in [2.05, 4.69) is 10.5 Å². The number of aryl methyl sites for hydroxylation is 1. The number of benzene rings is 1. The van der Waals surface area contributed by atoms with E-state index in [1.807, 2.05) is 37.1 Å². The van der Waals surface area contributed by atoms with Gasteiger partial charge in [0.05, 0.1) is 11.1 Å². The molecule has 0 aliphatic carbocycles. The van der Waals surface area contributed by atoms with Crippen molar-refractivity contribution in [3.63, 3.8) is 0 Å². The zero-order chi connectivity index (χ0) is 16.8. The SMILES string of the molecule is Cc1cc(NC(=O)[C@H](C)N(C)CCOc2ccccc2Cl)no1. The van der Waals surface area contributed by atoms with Crippen LogP contribution in [0.5, 0.6) is 5.75 Å². The highest BCUT2D eigenvalue weighted by Gasteiger charge is 2.19. The van der Waals surface area contributed by atoms with Gasteiger partial charge in [0.15, 0.2) is 5.82 Å². The second-order valence-electron chi connectivity index (χ2n) is 5.25. The molecule has 1 atom stereocenters. The van der Waals surface area contributed by atoms with Crippen molar-refractivity contribution in [3.05, 3.63) is 41.1 Å². The predicted octanol–water partition coefficient (Wildman–Crippen LogP) is 2.97. The molecule has 7 heteroatoms. The molecular formula is C16H20ClN3O3. The second kappa shape index (κ2) is 7.99. The summed E-state index contributed by atoms with van der Waals surface area (Å²) in [5, 5.41) is 7.03. The van der Waals surface area contributed by atoms with Gasteiger partial charge in [0.25, 0.3) is 0 Å². The molecule has 1 aromatic heterocycles. The Morgan fingerprint density at radius 1 is 1.48 bits per heavy atom. The number of aromatic nitrogens is 1. The molecule has 1 aromatic carbocycles. The monoisotopic (exact) mass is 337 g/mol. The number of ether oxygens (including phenoxy) is 1. The smallest absolute Gasteiger partial charge is 0.242 e. The summed E-state index contributed by atoms with van der Waals surface area (Å²) < 4.78 is 10.5. The van der Waals surface area contributed by atoms with Gasteiger partial charge in [-0.15, -0.1) is 0 Å². The van der Waals surface area contributed by atoms with Crippen LogP contribution in [0.15, 0.2) is 34.9 Å². The van der Waals surface area contributed by atoms with Crippen molar-refractivity contribution >= 4 is 23.3 Å². The van der Waals surface area contributed by atoms with E-state index in [-0.39, 0.29) is 11.9 Å². The van der Waals surface area contributed by atoms with Crippen LogP contribution in [0.2, 0.25) is 5.02 Å². The summed E-state index contributed by atoms with van der Waals surface area (Å²) in [6.07, 6.45) is 0. The molecule has 1 amide bonds. The summed E-state index contributed by atoms with van der Waals surface area (Å²) >= 11 is 6.03. The van der Waals surface area contributed by atoms with Gasteiger partial charge >= 0.3 is 0 Å². The summed E-state index contributed by atoms with van der Waals surface area (Å²) in [5.41, 5.74) is 0. The van der Waals surface area contributed by atoms with Crippen molar-refractivity contribution in [3.8, 4) is 5.75 Å². The van der Waals surface area contributed by atoms with Gasteiger partial charge in [-0.1, -0.05) is 28.9 Å². The molecule has 0 fully saturated rings. The zero-order valence-corrected chi connectivity index (χ0v) is 14.1. The molecule has 2 rings (SSSR count). The number of halogens is 1. The summed E-state index contributed by atoms with van der Waals surface area (Å²) in [5.74, 6) is 1.55. The van der Waals surface area contributed by atoms with Gasteiger partial charge in [-0.25, -0.2) is 0 Å². The molecule has 23 heavy (non-hydrogen) atoms. The van der Waals surface area contributed by atoms with Gasteiger partial charge in [0, 0.05) is 12.6 Å². The Labute approximate surface area is 140 Å². The highest BCUT2D eigenvalue weighted by molar-refractivity contribution is 6.32. The van der Waals surface area contributed by atoms with Gasteiger partial charge in [-0.05, 0) is 33.0 Å². The predicted molar refractivity (Wildman–Crippen MR) is 88.9 cm³/mol. The molecular weight excluding hydrogens is 318 g/mol. The summed E-state index contributed by atoms with van der Waals surface area (Å²) in [7, 11) is 1.86. The molecule has 0 saturated heterocycles. The molecule has 0 spiro atoms. The van der Waals surface area contributed by atoms with E-state index in [1.54, 1.807) is 19.1 Å². The van der Waals surface area contributed by atoms with Gasteiger partial charge in [-0.2, -0.15) is 0 Å². The third-order valence-electron chi connectivity index (χ3n) is 3.46. The van der Waals surface area contributed by atoms with E-state index in [4.69, 9.17) is 20.9 Å². The summed E-state index contributed by atoms with van der Waals surface area (Å²) in [4.78, 5) is 14.0. The largest absolute Gasteiger partial charge is 0.491 e. The Balaban J connectivity index is 1.79. The van der Waals surface area contributed by atoms with E-state index >= 15 is 0 Å². The Morgan fingerprint density at radius 3 is 2.87 bits per heavy atom. The van der Waals surface area contributed by atoms with Crippen molar-refractivity contribution < 1.29 is 14.1 Å². The van der Waals surface area contributed by atoms with Crippen LogP contribution in [0.25, 0.3) is 0 Å². The maximum atomic E-state index is 12.2. The van der Waals surface area contributed by atoms with Crippen LogP contribution in [0.4, 0.5) is 5.82 Å². The van der Waals surface area contributed by atoms with E-state index in [1.165, 1.54) is 0 Å². The van der Waals surface area contributed by atoms with E-state index in [0.717, 1.165) is 0 Å². The first kappa shape index (κ1) is 17.3. The Hall–Kier alpha value is -2.05. The molecule has 0 unspecified atom stereocenters. The summed E-state index contributed by atoms with van der Waals surface area (Å²) in [6, 6.07) is 8.63. The van der Waals surface area contributed by atoms with Crippen LogP contribution in [-0.2, 0) is 4.79 Å². The lowest BCUT2D eigenvalue weighted by Gasteiger charge is -2.23. The molecule has 0 bridgehead atoms. The first-order valence-electron chi connectivity index (χ1n) is 7.29. The molecule has 1 N–H and O–H groups in total. The number of hydrogen-bond donors (Lipinski definition) is 1. The minimum Gasteiger partial charge on any atom is -0.491 e. The zero-order valence-electron chi connectivity index (χ0n) is 13.4. The number of nitrogens with one attached hydrogen (secondary N) is 1. The second-order valence-corrected chi connectivity index (χ2v) is 5.65. The molecule has 0 aliphatic heterocycles. The topological polar surface area (TPSA) is 67.6 Å². The van der Waals surface area contributed by atoms with Crippen LogP contribution in [-0.4, -0.2) is 42.2 Å². The molecule has 0 radical (unpaired) electrons. The molecule has 6 nitrogen and oxygen atoms in total. The normalized spacial score (nSPS) is 12.2. The number of amides is 1. The average Bonchev–Trinajstić information content (AvgIpc) is 2.93. The Bertz CT molecular complexity index is 660. The van der Waals surface area contributed by atoms with Crippen LogP contribution in [0.3, 0.4) is 0 Å². The number of para-hydroxylation sites is 1. The molecule has 2 aromatic rings. The lowest BCUT2D eigenvalue weighted by molar-refractivity contribution is -0.120. The van der Waals surface area contributed by atoms with Crippen LogP contribution < -0.4 is 10.1 Å². The lowest BCUT2D eigenvalue weighted by atomic mass is 10.2. The maximum absolute atomic E-state index is 12.2. The van der Waals surface area contributed by atoms with E-state index in [0.29, 0.717) is 35.5 Å². The van der Waals surface area contributed by atoms with Crippen molar-refractivity contribution in [2.45, 2.75) is 19.9 Å². The van der Waals surface area contributed by atoms with Crippen LogP contribution in [0.1, 0.15) is 12.7 Å². The fourth-order valence-corrected chi connectivity index (χ4v) is 2.10. The van der Waals surface area contributed by atoms with Crippen LogP contribution in [0, 0.1) is 6.92 Å². The van der Waals surface area contributed by atoms with Gasteiger partial charge in [0.1, 0.15) is 18.1 Å². The van der Waals surface area contributed by atoms with Crippen LogP contribution >= 0.6 is 11.6 Å². The van der Waals surface area contributed by atoms with E-state index < -0.39 is 0 Å².